The molecule has 3 atom stereocenters. The number of morpholine rings is 1. The molecule has 4 aliphatic rings. The second-order valence-electron chi connectivity index (χ2n) is 9.07. The van der Waals surface area contributed by atoms with Gasteiger partial charge in [-0.3, -0.25) is 0 Å². The summed E-state index contributed by atoms with van der Waals surface area (Å²) in [6.07, 6.45) is -2.42. The first-order chi connectivity index (χ1) is 14.9. The summed E-state index contributed by atoms with van der Waals surface area (Å²) in [5.74, 6) is 0.240. The van der Waals surface area contributed by atoms with Crippen molar-refractivity contribution in [2.75, 3.05) is 50.8 Å². The quantitative estimate of drug-likeness (QED) is 0.772. The Balaban J connectivity index is 1.15. The Kier molecular flexibility index (Phi) is 5.50. The zero-order valence-electron chi connectivity index (χ0n) is 17.5. The average molecular weight is 438 g/mol. The van der Waals surface area contributed by atoms with E-state index in [2.05, 4.69) is 5.32 Å². The van der Waals surface area contributed by atoms with Crippen molar-refractivity contribution in [1.82, 2.24) is 15.1 Å². The first-order valence-electron chi connectivity index (χ1n) is 11.2. The van der Waals surface area contributed by atoms with Gasteiger partial charge in [0.15, 0.2) is 0 Å². The van der Waals surface area contributed by atoms with Crippen molar-refractivity contribution >= 4 is 11.7 Å². The van der Waals surface area contributed by atoms with Crippen molar-refractivity contribution < 1.29 is 22.7 Å². The number of carbonyl (C=O) groups excluding carboxylic acids is 1. The van der Waals surface area contributed by atoms with Gasteiger partial charge in [0.1, 0.15) is 6.04 Å². The number of amides is 2. The van der Waals surface area contributed by atoms with Crippen LogP contribution in [0.15, 0.2) is 24.3 Å². The van der Waals surface area contributed by atoms with Gasteiger partial charge >= 0.3 is 12.2 Å². The summed E-state index contributed by atoms with van der Waals surface area (Å²) in [6, 6.07) is 6.33. The van der Waals surface area contributed by atoms with Crippen LogP contribution in [-0.2, 0) is 4.74 Å². The first-order valence-corrected chi connectivity index (χ1v) is 11.2. The molecule has 0 aliphatic carbocycles. The number of fused-ring (bicyclic) bond motifs is 1. The van der Waals surface area contributed by atoms with Gasteiger partial charge in [0.25, 0.3) is 0 Å². The molecular formula is C22H29F3N4O2. The van der Waals surface area contributed by atoms with Gasteiger partial charge < -0.3 is 24.8 Å². The predicted octanol–water partition coefficient (Wildman–Crippen LogP) is 2.80. The maximum absolute atomic E-state index is 13.2. The Morgan fingerprint density at radius 1 is 1.03 bits per heavy atom. The predicted molar refractivity (Wildman–Crippen MR) is 110 cm³/mol. The Morgan fingerprint density at radius 3 is 2.55 bits per heavy atom. The smallest absolute Gasteiger partial charge is 0.375 e. The summed E-state index contributed by atoms with van der Waals surface area (Å²) in [4.78, 5) is 18.1. The fraction of sp³-hybridized carbons (Fsp3) is 0.682. The van der Waals surface area contributed by atoms with Crippen molar-refractivity contribution in [2.24, 2.45) is 0 Å². The number of carbonyl (C=O) groups is 1. The summed E-state index contributed by atoms with van der Waals surface area (Å²) >= 11 is 0. The molecule has 0 spiro atoms. The molecule has 4 heterocycles. The maximum atomic E-state index is 13.2. The van der Waals surface area contributed by atoms with Crippen LogP contribution < -0.4 is 10.2 Å². The minimum atomic E-state index is -4.20. The summed E-state index contributed by atoms with van der Waals surface area (Å²) in [5, 5.41) is 3.44. The zero-order chi connectivity index (χ0) is 21.6. The van der Waals surface area contributed by atoms with Gasteiger partial charge in [0.2, 0.25) is 0 Å². The van der Waals surface area contributed by atoms with Crippen LogP contribution in [0.25, 0.3) is 0 Å². The van der Waals surface area contributed by atoms with E-state index < -0.39 is 12.2 Å². The fourth-order valence-electron chi connectivity index (χ4n) is 5.35. The van der Waals surface area contributed by atoms with Crippen molar-refractivity contribution in [3.8, 4) is 0 Å². The van der Waals surface area contributed by atoms with Crippen LogP contribution in [0.5, 0.6) is 0 Å². The van der Waals surface area contributed by atoms with Gasteiger partial charge in [-0.1, -0.05) is 12.1 Å². The molecule has 31 heavy (non-hydrogen) atoms. The Bertz CT molecular complexity index is 797. The largest absolute Gasteiger partial charge is 0.408 e. The Labute approximate surface area is 180 Å². The summed E-state index contributed by atoms with van der Waals surface area (Å²) in [7, 11) is 0. The van der Waals surface area contributed by atoms with E-state index in [9.17, 15) is 18.0 Å². The lowest BCUT2D eigenvalue weighted by atomic mass is 9.91. The molecular weight excluding hydrogens is 409 g/mol. The highest BCUT2D eigenvalue weighted by Crippen LogP contribution is 2.37. The minimum Gasteiger partial charge on any atom is -0.375 e. The van der Waals surface area contributed by atoms with E-state index in [0.29, 0.717) is 44.8 Å². The second kappa shape index (κ2) is 8.16. The molecule has 0 aromatic heterocycles. The van der Waals surface area contributed by atoms with Crippen molar-refractivity contribution in [3.63, 3.8) is 0 Å². The zero-order valence-corrected chi connectivity index (χ0v) is 17.5. The van der Waals surface area contributed by atoms with Crippen LogP contribution in [0.2, 0.25) is 0 Å². The normalized spacial score (nSPS) is 29.6. The van der Waals surface area contributed by atoms with E-state index in [-0.39, 0.29) is 30.5 Å². The maximum Gasteiger partial charge on any atom is 0.408 e. The number of hydrogen-bond acceptors (Lipinski definition) is 4. The Morgan fingerprint density at radius 2 is 1.81 bits per heavy atom. The minimum absolute atomic E-state index is 0.0729. The molecule has 2 amide bonds. The topological polar surface area (TPSA) is 48.1 Å². The lowest BCUT2D eigenvalue weighted by Crippen LogP contribution is -2.62. The fourth-order valence-corrected chi connectivity index (χ4v) is 5.35. The molecule has 0 radical (unpaired) electrons. The number of likely N-dealkylation sites (tertiary alicyclic amines) is 2. The molecule has 1 N–H and O–H groups in total. The number of urea groups is 1. The number of ether oxygens (including phenoxy) is 1. The van der Waals surface area contributed by atoms with E-state index in [0.717, 1.165) is 25.1 Å². The number of alkyl halides is 3. The molecule has 4 fully saturated rings. The lowest BCUT2D eigenvalue weighted by molar-refractivity contribution is -0.145. The molecule has 170 valence electrons. The molecule has 1 aromatic rings. The third-order valence-electron chi connectivity index (χ3n) is 7.14. The van der Waals surface area contributed by atoms with Gasteiger partial charge in [-0.05, 0) is 37.0 Å². The van der Waals surface area contributed by atoms with Crippen LogP contribution in [0.1, 0.15) is 30.7 Å². The SMILES string of the molecule is O=C(N1CC(c2ccc(N3CCC[C@@H]3C(F)(F)F)cc2)C1)N1CC[C@@H]2OCCN[C@@H]2C1. The third kappa shape index (κ3) is 4.09. The highest BCUT2D eigenvalue weighted by Gasteiger charge is 2.46. The van der Waals surface area contributed by atoms with E-state index >= 15 is 0 Å². The summed E-state index contributed by atoms with van der Waals surface area (Å²) < 4.78 is 45.5. The number of halogens is 3. The molecule has 6 nitrogen and oxygen atoms in total. The average Bonchev–Trinajstić information content (AvgIpc) is 3.23. The Hall–Kier alpha value is -2.00. The van der Waals surface area contributed by atoms with Gasteiger partial charge in [0, 0.05) is 50.9 Å². The number of rotatable bonds is 2. The molecule has 1 aromatic carbocycles. The number of hydrogen-bond donors (Lipinski definition) is 1. The second-order valence-corrected chi connectivity index (χ2v) is 9.07. The molecule has 0 saturated carbocycles. The number of nitrogens with zero attached hydrogens (tertiary/aromatic N) is 3. The van der Waals surface area contributed by atoms with Crippen LogP contribution >= 0.6 is 0 Å². The summed E-state index contributed by atoms with van der Waals surface area (Å²) in [5.41, 5.74) is 1.71. The summed E-state index contributed by atoms with van der Waals surface area (Å²) in [6.45, 7) is 4.70. The third-order valence-corrected chi connectivity index (χ3v) is 7.14. The van der Waals surface area contributed by atoms with E-state index in [1.807, 2.05) is 21.9 Å². The standard InChI is InChI=1S/C22H29F3N4O2/c23-22(24,25)20-2-1-9-29(20)17-5-3-15(4-6-17)16-12-28(13-16)21(30)27-10-7-19-18(14-27)26-8-11-31-19/h3-6,16,18-20,26H,1-2,7-14H2/t18-,19+,20-/m1/s1. The molecule has 4 saturated heterocycles. The van der Waals surface area contributed by atoms with E-state index in [4.69, 9.17) is 4.74 Å². The van der Waals surface area contributed by atoms with Gasteiger partial charge in [-0.2, -0.15) is 13.2 Å². The number of benzene rings is 1. The van der Waals surface area contributed by atoms with Crippen molar-refractivity contribution in [3.05, 3.63) is 29.8 Å². The van der Waals surface area contributed by atoms with Gasteiger partial charge in [-0.15, -0.1) is 0 Å². The van der Waals surface area contributed by atoms with Crippen LogP contribution in [-0.4, -0.2) is 86.1 Å². The number of nitrogens with one attached hydrogen (secondary N) is 1. The van der Waals surface area contributed by atoms with Gasteiger partial charge in [0.05, 0.1) is 18.8 Å². The monoisotopic (exact) mass is 438 g/mol. The number of piperidine rings is 1. The molecule has 0 bridgehead atoms. The molecule has 4 aliphatic heterocycles. The van der Waals surface area contributed by atoms with E-state index in [1.165, 1.54) is 4.90 Å². The van der Waals surface area contributed by atoms with Crippen LogP contribution in [0, 0.1) is 0 Å². The number of anilines is 1. The van der Waals surface area contributed by atoms with Crippen molar-refractivity contribution in [2.45, 2.75) is 49.5 Å². The molecule has 0 unspecified atom stereocenters. The molecule has 5 rings (SSSR count). The highest BCUT2D eigenvalue weighted by atomic mass is 19.4. The van der Waals surface area contributed by atoms with E-state index in [1.54, 1.807) is 12.1 Å². The van der Waals surface area contributed by atoms with Gasteiger partial charge in [-0.25, -0.2) is 4.79 Å². The highest BCUT2D eigenvalue weighted by molar-refractivity contribution is 5.76. The lowest BCUT2D eigenvalue weighted by Gasteiger charge is -2.46. The van der Waals surface area contributed by atoms with Crippen LogP contribution in [0.4, 0.5) is 23.7 Å². The van der Waals surface area contributed by atoms with Crippen molar-refractivity contribution in [1.29, 1.82) is 0 Å². The first kappa shape index (κ1) is 20.9. The van der Waals surface area contributed by atoms with Crippen LogP contribution in [0.3, 0.4) is 0 Å². The molecule has 9 heteroatoms.